The van der Waals surface area contributed by atoms with Crippen LogP contribution in [0.3, 0.4) is 0 Å². The molecule has 30 heavy (non-hydrogen) atoms. The first-order valence-electron chi connectivity index (χ1n) is 8.92. The first kappa shape index (κ1) is 19.7. The summed E-state index contributed by atoms with van der Waals surface area (Å²) in [4.78, 5) is 17.4. The molecule has 0 aliphatic heterocycles. The van der Waals surface area contributed by atoms with E-state index in [-0.39, 0.29) is 12.1 Å². The molecule has 0 bridgehead atoms. The normalized spacial score (nSPS) is 10.8. The maximum atomic E-state index is 13.8. The Labute approximate surface area is 174 Å². The summed E-state index contributed by atoms with van der Waals surface area (Å²) in [5.74, 6) is -0.998. The molecule has 2 N–H and O–H groups in total. The number of hydrogen-bond donors (Lipinski definition) is 2. The number of carbonyl (C=O) groups is 1. The fraction of sp³-hybridized carbons (Fsp3) is 0.0952. The largest absolute Gasteiger partial charge is 0.496 e. The number of H-pyrrole nitrogens is 1. The third kappa shape index (κ3) is 4.20. The molecule has 6 nitrogen and oxygen atoms in total. The van der Waals surface area contributed by atoms with Crippen LogP contribution in [-0.2, 0) is 6.42 Å². The molecule has 0 atom stereocenters. The average Bonchev–Trinajstić information content (AvgIpc) is 3.40. The van der Waals surface area contributed by atoms with E-state index in [2.05, 4.69) is 20.5 Å². The molecular formula is C21H16F2N4O2S. The van der Waals surface area contributed by atoms with Crippen LogP contribution in [0.4, 0.5) is 13.9 Å². The molecule has 1 amide bonds. The molecule has 2 aromatic heterocycles. The zero-order valence-electron chi connectivity index (χ0n) is 15.8. The Kier molecular flexibility index (Phi) is 5.53. The molecule has 152 valence electrons. The Bertz CT molecular complexity index is 1210. The Balaban J connectivity index is 1.45. The fourth-order valence-electron chi connectivity index (χ4n) is 2.90. The summed E-state index contributed by atoms with van der Waals surface area (Å²) in [6.07, 6.45) is 1.80. The Morgan fingerprint density at radius 2 is 2.03 bits per heavy atom. The van der Waals surface area contributed by atoms with Crippen LogP contribution in [0.1, 0.15) is 20.9 Å². The first-order valence-corrected chi connectivity index (χ1v) is 9.74. The third-order valence-electron chi connectivity index (χ3n) is 4.36. The number of hydrogen-bond acceptors (Lipinski definition) is 5. The number of benzene rings is 2. The highest BCUT2D eigenvalue weighted by Crippen LogP contribution is 2.29. The van der Waals surface area contributed by atoms with Crippen molar-refractivity contribution in [2.45, 2.75) is 6.42 Å². The average molecular weight is 426 g/mol. The minimum absolute atomic E-state index is 0.252. The number of rotatable bonds is 6. The summed E-state index contributed by atoms with van der Waals surface area (Å²) >= 11 is 1.22. The van der Waals surface area contributed by atoms with Gasteiger partial charge in [0.05, 0.1) is 12.8 Å². The van der Waals surface area contributed by atoms with Crippen molar-refractivity contribution in [2.75, 3.05) is 12.4 Å². The van der Waals surface area contributed by atoms with E-state index in [1.54, 1.807) is 19.4 Å². The van der Waals surface area contributed by atoms with Gasteiger partial charge in [0.25, 0.3) is 5.91 Å². The summed E-state index contributed by atoms with van der Waals surface area (Å²) < 4.78 is 32.2. The number of ether oxygens (including phenoxy) is 1. The van der Waals surface area contributed by atoms with Crippen molar-refractivity contribution in [1.82, 2.24) is 15.2 Å². The van der Waals surface area contributed by atoms with Gasteiger partial charge in [0.1, 0.15) is 23.1 Å². The Morgan fingerprint density at radius 1 is 1.20 bits per heavy atom. The zero-order valence-corrected chi connectivity index (χ0v) is 16.6. The number of methoxy groups -OCH3 is 1. The van der Waals surface area contributed by atoms with Gasteiger partial charge in [0.2, 0.25) is 0 Å². The van der Waals surface area contributed by atoms with E-state index < -0.39 is 17.5 Å². The molecule has 0 aliphatic rings. The lowest BCUT2D eigenvalue weighted by atomic mass is 10.1. The van der Waals surface area contributed by atoms with Gasteiger partial charge in [0, 0.05) is 29.1 Å². The van der Waals surface area contributed by atoms with Gasteiger partial charge in [0.15, 0.2) is 5.13 Å². The Hall–Kier alpha value is -3.59. The van der Waals surface area contributed by atoms with E-state index in [4.69, 9.17) is 4.74 Å². The molecule has 4 aromatic rings. The maximum Gasteiger partial charge on any atom is 0.275 e. The smallest absolute Gasteiger partial charge is 0.275 e. The molecule has 2 heterocycles. The zero-order chi connectivity index (χ0) is 21.1. The van der Waals surface area contributed by atoms with Crippen molar-refractivity contribution in [2.24, 2.45) is 0 Å². The second-order valence-electron chi connectivity index (χ2n) is 6.37. The van der Waals surface area contributed by atoms with Crippen LogP contribution in [0.5, 0.6) is 5.75 Å². The number of aromatic amines is 1. The molecule has 0 spiro atoms. The van der Waals surface area contributed by atoms with Gasteiger partial charge in [-0.05, 0) is 29.8 Å². The number of aromatic nitrogens is 3. The summed E-state index contributed by atoms with van der Waals surface area (Å²) in [6, 6.07) is 12.4. The number of anilines is 1. The van der Waals surface area contributed by atoms with Gasteiger partial charge < -0.3 is 4.74 Å². The number of nitrogens with zero attached hydrogens (tertiary/aromatic N) is 2. The number of carbonyl (C=O) groups excluding carboxylic acids is 1. The van der Waals surface area contributed by atoms with Crippen molar-refractivity contribution < 1.29 is 18.3 Å². The molecule has 9 heteroatoms. The molecule has 4 rings (SSSR count). The first-order chi connectivity index (χ1) is 14.5. The van der Waals surface area contributed by atoms with Gasteiger partial charge in [-0.2, -0.15) is 5.10 Å². The molecular weight excluding hydrogens is 410 g/mol. The van der Waals surface area contributed by atoms with Gasteiger partial charge in [-0.15, -0.1) is 11.3 Å². The number of para-hydroxylation sites is 1. The lowest BCUT2D eigenvalue weighted by molar-refractivity contribution is 0.102. The SMILES string of the molecule is COc1ccccc1-c1cc(C(=O)Nc2ncc(Cc3ccc(F)cc3F)s2)[nH]n1. The molecule has 0 radical (unpaired) electrons. The maximum absolute atomic E-state index is 13.8. The van der Waals surface area contributed by atoms with Crippen LogP contribution < -0.4 is 10.1 Å². The molecule has 0 fully saturated rings. The van der Waals surface area contributed by atoms with Gasteiger partial charge in [-0.1, -0.05) is 18.2 Å². The van der Waals surface area contributed by atoms with Crippen LogP contribution in [0.2, 0.25) is 0 Å². The number of amides is 1. The molecule has 0 unspecified atom stereocenters. The number of halogens is 2. The number of nitrogens with one attached hydrogen (secondary N) is 2. The van der Waals surface area contributed by atoms with Crippen LogP contribution in [0.25, 0.3) is 11.3 Å². The molecule has 0 saturated heterocycles. The highest BCUT2D eigenvalue weighted by molar-refractivity contribution is 7.15. The highest BCUT2D eigenvalue weighted by Gasteiger charge is 2.15. The summed E-state index contributed by atoms with van der Waals surface area (Å²) in [7, 11) is 1.57. The summed E-state index contributed by atoms with van der Waals surface area (Å²) in [5.41, 5.74) is 1.95. The monoisotopic (exact) mass is 426 g/mol. The third-order valence-corrected chi connectivity index (χ3v) is 5.27. The topological polar surface area (TPSA) is 79.9 Å². The van der Waals surface area contributed by atoms with Crippen LogP contribution in [0, 0.1) is 11.6 Å². The van der Waals surface area contributed by atoms with E-state index in [1.807, 2.05) is 24.3 Å². The van der Waals surface area contributed by atoms with Gasteiger partial charge in [-0.25, -0.2) is 13.8 Å². The van der Waals surface area contributed by atoms with Crippen LogP contribution in [-0.4, -0.2) is 28.2 Å². The van der Waals surface area contributed by atoms with E-state index in [0.717, 1.165) is 16.5 Å². The predicted molar refractivity (Wildman–Crippen MR) is 110 cm³/mol. The lowest BCUT2D eigenvalue weighted by Gasteiger charge is -2.04. The lowest BCUT2D eigenvalue weighted by Crippen LogP contribution is -2.11. The summed E-state index contributed by atoms with van der Waals surface area (Å²) in [6.45, 7) is 0. The quantitative estimate of drug-likeness (QED) is 0.470. The molecule has 2 aromatic carbocycles. The van der Waals surface area contributed by atoms with Crippen LogP contribution in [0.15, 0.2) is 54.7 Å². The van der Waals surface area contributed by atoms with Crippen molar-refractivity contribution in [1.29, 1.82) is 0 Å². The van der Waals surface area contributed by atoms with Crippen molar-refractivity contribution in [3.63, 3.8) is 0 Å². The summed E-state index contributed by atoms with van der Waals surface area (Å²) in [5, 5.41) is 9.95. The minimum Gasteiger partial charge on any atom is -0.496 e. The fourth-order valence-corrected chi connectivity index (χ4v) is 3.73. The molecule has 0 aliphatic carbocycles. The predicted octanol–water partition coefficient (Wildman–Crippen LogP) is 4.66. The number of thiazole rings is 1. The second kappa shape index (κ2) is 8.42. The van der Waals surface area contributed by atoms with Gasteiger partial charge in [-0.3, -0.25) is 15.2 Å². The van der Waals surface area contributed by atoms with Crippen LogP contribution >= 0.6 is 11.3 Å². The van der Waals surface area contributed by atoms with Crippen molar-refractivity contribution in [3.8, 4) is 17.0 Å². The Morgan fingerprint density at radius 3 is 2.83 bits per heavy atom. The minimum atomic E-state index is -0.624. The van der Waals surface area contributed by atoms with Crippen molar-refractivity contribution in [3.05, 3.63) is 82.5 Å². The molecule has 0 saturated carbocycles. The standard InChI is InChI=1S/C21H16F2N4O2S/c1-29-19-5-3-2-4-15(19)17-10-18(27-26-17)20(28)25-21-24-11-14(30-21)8-12-6-7-13(22)9-16(12)23/h2-7,9-11H,8H2,1H3,(H,26,27)(H,24,25,28). The van der Waals surface area contributed by atoms with E-state index >= 15 is 0 Å². The van der Waals surface area contributed by atoms with Gasteiger partial charge >= 0.3 is 0 Å². The van der Waals surface area contributed by atoms with E-state index in [1.165, 1.54) is 23.5 Å². The van der Waals surface area contributed by atoms with Crippen molar-refractivity contribution >= 4 is 22.4 Å². The van der Waals surface area contributed by atoms with E-state index in [9.17, 15) is 13.6 Å². The second-order valence-corrected chi connectivity index (χ2v) is 7.48. The van der Waals surface area contributed by atoms with E-state index in [0.29, 0.717) is 22.1 Å². The highest BCUT2D eigenvalue weighted by atomic mass is 32.1.